The molecule has 3 unspecified atom stereocenters. The number of carbonyl (C=O) groups is 3. The predicted octanol–water partition coefficient (Wildman–Crippen LogP) is 1.61. The summed E-state index contributed by atoms with van der Waals surface area (Å²) in [4.78, 5) is 39.9. The van der Waals surface area contributed by atoms with Crippen LogP contribution in [0.4, 0.5) is 4.79 Å². The third-order valence-electron chi connectivity index (χ3n) is 5.04. The van der Waals surface area contributed by atoms with Gasteiger partial charge in [0.25, 0.3) is 5.91 Å². The molecule has 3 atom stereocenters. The maximum Gasteiger partial charge on any atom is 0.411 e. The van der Waals surface area contributed by atoms with Gasteiger partial charge in [-0.15, -0.1) is 0 Å². The molecule has 3 aliphatic rings. The number of ether oxygens (including phenoxy) is 2. The molecular weight excluding hydrogens is 324 g/mol. The smallest absolute Gasteiger partial charge is 0.411 e. The maximum absolute atomic E-state index is 12.8. The highest BCUT2D eigenvalue weighted by atomic mass is 16.6. The molecule has 25 heavy (non-hydrogen) atoms. The second-order valence-electron chi connectivity index (χ2n) is 6.29. The minimum absolute atomic E-state index is 0.219. The molecule has 2 fully saturated rings. The van der Waals surface area contributed by atoms with Gasteiger partial charge in [-0.1, -0.05) is 36.4 Å². The summed E-state index contributed by atoms with van der Waals surface area (Å²) in [7, 11) is 1.29. The summed E-state index contributed by atoms with van der Waals surface area (Å²) in [5.74, 6) is -0.791. The first-order valence-corrected chi connectivity index (χ1v) is 8.25. The molecule has 3 heterocycles. The monoisotopic (exact) mass is 342 g/mol. The van der Waals surface area contributed by atoms with Crippen molar-refractivity contribution in [3.8, 4) is 0 Å². The van der Waals surface area contributed by atoms with Gasteiger partial charge >= 0.3 is 12.1 Å². The molecule has 3 aliphatic heterocycles. The lowest BCUT2D eigenvalue weighted by Gasteiger charge is -2.52. The van der Waals surface area contributed by atoms with Gasteiger partial charge < -0.3 is 9.47 Å². The molecule has 2 amide bonds. The number of esters is 1. The number of rotatable bonds is 3. The highest BCUT2D eigenvalue weighted by molar-refractivity contribution is 6.01. The van der Waals surface area contributed by atoms with Crippen LogP contribution < -0.4 is 0 Å². The fourth-order valence-electron chi connectivity index (χ4n) is 3.87. The summed E-state index contributed by atoms with van der Waals surface area (Å²) >= 11 is 0. The third-order valence-corrected chi connectivity index (χ3v) is 5.04. The molecule has 0 aromatic heterocycles. The Bertz CT molecular complexity index is 760. The van der Waals surface area contributed by atoms with Crippen LogP contribution >= 0.6 is 0 Å². The number of β-lactam (4-membered cyclic amide) rings is 1. The van der Waals surface area contributed by atoms with E-state index in [0.29, 0.717) is 12.8 Å². The summed E-state index contributed by atoms with van der Waals surface area (Å²) in [5, 5.41) is 0. The van der Waals surface area contributed by atoms with Crippen molar-refractivity contribution in [3.63, 3.8) is 0 Å². The Labute approximate surface area is 144 Å². The lowest BCUT2D eigenvalue weighted by atomic mass is 9.84. The zero-order valence-electron chi connectivity index (χ0n) is 13.8. The van der Waals surface area contributed by atoms with Crippen LogP contribution in [0, 0.1) is 0 Å². The molecule has 1 aromatic carbocycles. The first-order chi connectivity index (χ1) is 12.1. The molecule has 4 rings (SSSR count). The summed E-state index contributed by atoms with van der Waals surface area (Å²) in [6.45, 7) is 0.221. The Hall–Kier alpha value is -2.83. The van der Waals surface area contributed by atoms with E-state index in [9.17, 15) is 14.4 Å². The number of hydrogen-bond donors (Lipinski definition) is 0. The Morgan fingerprint density at radius 1 is 1.24 bits per heavy atom. The van der Waals surface area contributed by atoms with Crippen LogP contribution in [0.3, 0.4) is 0 Å². The van der Waals surface area contributed by atoms with Crippen LogP contribution in [-0.4, -0.2) is 53.6 Å². The standard InChI is InChI=1S/C18H18N2O5/c1-24-17(22)13-9-5-8-12-15(16(21)19(12)13)20-14(10-25-18(20)23)11-6-3-2-4-7-11/h2-4,6-7,9,12,14-15H,5,8,10H2,1H3. The topological polar surface area (TPSA) is 76.1 Å². The molecule has 2 saturated heterocycles. The molecule has 1 aromatic rings. The van der Waals surface area contributed by atoms with Gasteiger partial charge in [0, 0.05) is 0 Å². The SMILES string of the molecule is COC(=O)C1=CCCC2C(N3C(=O)OCC3c3ccccc3)C(=O)N12. The van der Waals surface area contributed by atoms with Crippen molar-refractivity contribution < 1.29 is 23.9 Å². The zero-order valence-corrected chi connectivity index (χ0v) is 13.8. The normalized spacial score (nSPS) is 28.0. The van der Waals surface area contributed by atoms with Gasteiger partial charge in [-0.3, -0.25) is 14.6 Å². The van der Waals surface area contributed by atoms with Crippen LogP contribution in [0.5, 0.6) is 0 Å². The lowest BCUT2D eigenvalue weighted by Crippen LogP contribution is -2.71. The van der Waals surface area contributed by atoms with E-state index < -0.39 is 18.1 Å². The van der Waals surface area contributed by atoms with Crippen molar-refractivity contribution in [2.75, 3.05) is 13.7 Å². The van der Waals surface area contributed by atoms with E-state index in [1.807, 2.05) is 30.3 Å². The minimum atomic E-state index is -0.603. The third kappa shape index (κ3) is 2.30. The molecule has 0 radical (unpaired) electrons. The number of methoxy groups -OCH3 is 1. The first kappa shape index (κ1) is 15.7. The van der Waals surface area contributed by atoms with Gasteiger partial charge in [0.15, 0.2) is 0 Å². The second-order valence-corrected chi connectivity index (χ2v) is 6.29. The van der Waals surface area contributed by atoms with Gasteiger partial charge in [-0.2, -0.15) is 0 Å². The number of benzene rings is 1. The predicted molar refractivity (Wildman–Crippen MR) is 86.1 cm³/mol. The molecule has 0 bridgehead atoms. The van der Waals surface area contributed by atoms with Crippen molar-refractivity contribution in [1.29, 1.82) is 0 Å². The summed E-state index contributed by atoms with van der Waals surface area (Å²) < 4.78 is 9.98. The zero-order chi connectivity index (χ0) is 17.6. The van der Waals surface area contributed by atoms with Crippen LogP contribution in [0.2, 0.25) is 0 Å². The molecule has 0 aliphatic carbocycles. The quantitative estimate of drug-likeness (QED) is 0.616. The Morgan fingerprint density at radius 3 is 2.72 bits per heavy atom. The van der Waals surface area contributed by atoms with E-state index in [0.717, 1.165) is 5.56 Å². The van der Waals surface area contributed by atoms with Crippen molar-refractivity contribution in [2.24, 2.45) is 0 Å². The Kier molecular flexibility index (Phi) is 3.71. The fraction of sp³-hybridized carbons (Fsp3) is 0.389. The first-order valence-electron chi connectivity index (χ1n) is 8.25. The molecule has 130 valence electrons. The second kappa shape index (κ2) is 5.91. The fourth-order valence-corrected chi connectivity index (χ4v) is 3.87. The Morgan fingerprint density at radius 2 is 2.00 bits per heavy atom. The van der Waals surface area contributed by atoms with Crippen molar-refractivity contribution in [2.45, 2.75) is 31.0 Å². The molecular formula is C18H18N2O5. The van der Waals surface area contributed by atoms with E-state index in [1.165, 1.54) is 16.9 Å². The molecule has 7 heteroatoms. The van der Waals surface area contributed by atoms with Crippen molar-refractivity contribution >= 4 is 18.0 Å². The van der Waals surface area contributed by atoms with Gasteiger partial charge in [0.05, 0.1) is 19.2 Å². The lowest BCUT2D eigenvalue weighted by molar-refractivity contribution is -0.160. The number of nitrogens with zero attached hydrogens (tertiary/aromatic N) is 2. The minimum Gasteiger partial charge on any atom is -0.464 e. The van der Waals surface area contributed by atoms with Gasteiger partial charge in [-0.05, 0) is 18.4 Å². The molecule has 7 nitrogen and oxygen atoms in total. The Balaban J connectivity index is 1.62. The number of carbonyl (C=O) groups excluding carboxylic acids is 3. The van der Waals surface area contributed by atoms with E-state index in [4.69, 9.17) is 9.47 Å². The summed E-state index contributed by atoms with van der Waals surface area (Å²) in [6, 6.07) is 8.40. The van der Waals surface area contributed by atoms with Crippen LogP contribution in [0.1, 0.15) is 24.4 Å². The molecule has 0 N–H and O–H groups in total. The summed E-state index contributed by atoms with van der Waals surface area (Å²) in [5.41, 5.74) is 1.20. The highest BCUT2D eigenvalue weighted by Gasteiger charge is 2.58. The number of hydrogen-bond acceptors (Lipinski definition) is 5. The average Bonchev–Trinajstić information content (AvgIpc) is 3.02. The van der Waals surface area contributed by atoms with Crippen molar-refractivity contribution in [1.82, 2.24) is 9.80 Å². The number of fused-ring (bicyclic) bond motifs is 1. The van der Waals surface area contributed by atoms with Crippen LogP contribution in [0.25, 0.3) is 0 Å². The van der Waals surface area contributed by atoms with E-state index in [1.54, 1.807) is 6.08 Å². The highest BCUT2D eigenvalue weighted by Crippen LogP contribution is 2.41. The number of allylic oxidation sites excluding steroid dienone is 1. The van der Waals surface area contributed by atoms with Crippen LogP contribution in [0.15, 0.2) is 42.1 Å². The molecule has 0 saturated carbocycles. The van der Waals surface area contributed by atoms with Gasteiger partial charge in [0.2, 0.25) is 0 Å². The molecule has 0 spiro atoms. The van der Waals surface area contributed by atoms with Crippen LogP contribution in [-0.2, 0) is 19.1 Å². The van der Waals surface area contributed by atoms with Gasteiger partial charge in [0.1, 0.15) is 18.3 Å². The largest absolute Gasteiger partial charge is 0.464 e. The number of amides is 2. The number of cyclic esters (lactones) is 1. The van der Waals surface area contributed by atoms with Crippen molar-refractivity contribution in [3.05, 3.63) is 47.7 Å². The maximum atomic E-state index is 12.8. The van der Waals surface area contributed by atoms with Gasteiger partial charge in [-0.25, -0.2) is 9.59 Å². The summed E-state index contributed by atoms with van der Waals surface area (Å²) in [6.07, 6.45) is 2.59. The van der Waals surface area contributed by atoms with E-state index in [2.05, 4.69) is 0 Å². The van der Waals surface area contributed by atoms with E-state index >= 15 is 0 Å². The average molecular weight is 342 g/mol. The van der Waals surface area contributed by atoms with E-state index in [-0.39, 0.29) is 30.3 Å².